The van der Waals surface area contributed by atoms with Crippen molar-refractivity contribution in [3.8, 4) is 0 Å². The topological polar surface area (TPSA) is 55.4 Å². The Bertz CT molecular complexity index is 515. The van der Waals surface area contributed by atoms with Crippen LogP contribution in [0.2, 0.25) is 0 Å². The van der Waals surface area contributed by atoms with Crippen molar-refractivity contribution >= 4 is 11.9 Å². The van der Waals surface area contributed by atoms with Crippen LogP contribution in [0.5, 0.6) is 0 Å². The van der Waals surface area contributed by atoms with Crippen LogP contribution >= 0.6 is 0 Å². The van der Waals surface area contributed by atoms with E-state index in [4.69, 9.17) is 0 Å². The van der Waals surface area contributed by atoms with Crippen LogP contribution in [0.15, 0.2) is 18.2 Å². The van der Waals surface area contributed by atoms with Crippen LogP contribution < -0.4 is 5.32 Å². The van der Waals surface area contributed by atoms with Crippen molar-refractivity contribution in [1.82, 2.24) is 5.32 Å². The Balaban J connectivity index is 2.27. The minimum Gasteiger partial charge on any atom is -0.467 e. The fourth-order valence-electron chi connectivity index (χ4n) is 1.72. The third-order valence-corrected chi connectivity index (χ3v) is 2.94. The largest absolute Gasteiger partial charge is 0.467 e. The molecule has 0 aromatic heterocycles. The molecule has 1 aliphatic rings. The molecule has 19 heavy (non-hydrogen) atoms. The first-order chi connectivity index (χ1) is 9.02. The first-order valence-electron chi connectivity index (χ1n) is 5.86. The monoisotopic (exact) mass is 269 g/mol. The lowest BCUT2D eigenvalue weighted by atomic mass is 10.1. The smallest absolute Gasteiger partial charge is 0.333 e. The van der Waals surface area contributed by atoms with Gasteiger partial charge in [0.1, 0.15) is 11.6 Å². The summed E-state index contributed by atoms with van der Waals surface area (Å²) in [5, 5.41) is 2.39. The first-order valence-corrected chi connectivity index (χ1v) is 5.86. The fraction of sp³-hybridized carbons (Fsp3) is 0.385. The van der Waals surface area contributed by atoms with E-state index in [0.717, 1.165) is 38.2 Å². The molecule has 0 saturated heterocycles. The predicted molar refractivity (Wildman–Crippen MR) is 62.0 cm³/mol. The van der Waals surface area contributed by atoms with Crippen molar-refractivity contribution in [1.29, 1.82) is 0 Å². The van der Waals surface area contributed by atoms with Crippen LogP contribution in [0.4, 0.5) is 8.78 Å². The molecule has 1 aromatic rings. The number of hydrogen-bond acceptors (Lipinski definition) is 3. The number of halogens is 2. The maximum Gasteiger partial charge on any atom is 0.333 e. The molecule has 0 spiro atoms. The van der Waals surface area contributed by atoms with Gasteiger partial charge in [-0.2, -0.15) is 0 Å². The quantitative estimate of drug-likeness (QED) is 0.846. The van der Waals surface area contributed by atoms with E-state index in [1.54, 1.807) is 0 Å². The molecule has 102 valence electrons. The number of amides is 1. The van der Waals surface area contributed by atoms with Crippen molar-refractivity contribution < 1.29 is 23.1 Å². The van der Waals surface area contributed by atoms with Crippen LogP contribution in [-0.2, 0) is 14.3 Å². The first kappa shape index (κ1) is 13.5. The maximum absolute atomic E-state index is 13.7. The number of methoxy groups -OCH3 is 1. The van der Waals surface area contributed by atoms with Gasteiger partial charge in [0.05, 0.1) is 7.11 Å². The average Bonchev–Trinajstić information content (AvgIpc) is 3.22. The van der Waals surface area contributed by atoms with Gasteiger partial charge in [0.2, 0.25) is 5.91 Å². The summed E-state index contributed by atoms with van der Waals surface area (Å²) in [6.45, 7) is 0. The number of rotatable bonds is 4. The lowest BCUT2D eigenvalue weighted by molar-refractivity contribution is -0.145. The van der Waals surface area contributed by atoms with E-state index in [-0.39, 0.29) is 17.4 Å². The normalized spacial score (nSPS) is 15.7. The standard InChI is InChI=1S/C13H13F2NO3/c1-19-13(18)11(16-12(17)7-2-3-7)9-6-8(14)4-5-10(9)15/h4-7,11H,2-3H2,1H3,(H,16,17). The second-order valence-corrected chi connectivity index (χ2v) is 4.40. The number of hydrogen-bond donors (Lipinski definition) is 1. The maximum atomic E-state index is 13.7. The number of esters is 1. The van der Waals surface area contributed by atoms with Crippen LogP contribution in [0.25, 0.3) is 0 Å². The molecule has 1 amide bonds. The summed E-state index contributed by atoms with van der Waals surface area (Å²) in [6.07, 6.45) is 1.48. The zero-order chi connectivity index (χ0) is 14.0. The number of carbonyl (C=O) groups excluding carboxylic acids is 2. The molecule has 1 atom stereocenters. The molecule has 0 heterocycles. The Labute approximate surface area is 108 Å². The van der Waals surface area contributed by atoms with Gasteiger partial charge in [-0.25, -0.2) is 13.6 Å². The SMILES string of the molecule is COC(=O)C(NC(=O)C1CC1)c1cc(F)ccc1F. The van der Waals surface area contributed by atoms with Gasteiger partial charge in [-0.3, -0.25) is 4.79 Å². The number of nitrogens with one attached hydrogen (secondary N) is 1. The second-order valence-electron chi connectivity index (χ2n) is 4.40. The molecule has 1 N–H and O–H groups in total. The van der Waals surface area contributed by atoms with E-state index < -0.39 is 23.6 Å². The Morgan fingerprint density at radius 1 is 1.37 bits per heavy atom. The molecule has 0 bridgehead atoms. The Morgan fingerprint density at radius 2 is 2.05 bits per heavy atom. The van der Waals surface area contributed by atoms with Crippen molar-refractivity contribution in [3.05, 3.63) is 35.4 Å². The van der Waals surface area contributed by atoms with Crippen molar-refractivity contribution in [2.24, 2.45) is 5.92 Å². The van der Waals surface area contributed by atoms with Crippen molar-refractivity contribution in [2.45, 2.75) is 18.9 Å². The summed E-state index contributed by atoms with van der Waals surface area (Å²) in [7, 11) is 1.12. The summed E-state index contributed by atoms with van der Waals surface area (Å²) < 4.78 is 31.3. The van der Waals surface area contributed by atoms with Gasteiger partial charge >= 0.3 is 5.97 Å². The molecule has 1 saturated carbocycles. The summed E-state index contributed by atoms with van der Waals surface area (Å²) >= 11 is 0. The number of benzene rings is 1. The summed E-state index contributed by atoms with van der Waals surface area (Å²) in [5.41, 5.74) is -0.235. The molecular formula is C13H13F2NO3. The molecule has 1 unspecified atom stereocenters. The van der Waals surface area contributed by atoms with Gasteiger partial charge in [-0.1, -0.05) is 0 Å². The molecule has 6 heteroatoms. The third-order valence-electron chi connectivity index (χ3n) is 2.94. The van der Waals surface area contributed by atoms with E-state index in [2.05, 4.69) is 10.1 Å². The van der Waals surface area contributed by atoms with E-state index in [0.29, 0.717) is 0 Å². The molecule has 2 rings (SSSR count). The van der Waals surface area contributed by atoms with E-state index >= 15 is 0 Å². The van der Waals surface area contributed by atoms with Gasteiger partial charge in [-0.05, 0) is 31.0 Å². The van der Waals surface area contributed by atoms with Gasteiger partial charge < -0.3 is 10.1 Å². The van der Waals surface area contributed by atoms with Crippen molar-refractivity contribution in [2.75, 3.05) is 7.11 Å². The molecule has 0 aliphatic heterocycles. The van der Waals surface area contributed by atoms with E-state index in [1.165, 1.54) is 0 Å². The molecule has 0 radical (unpaired) electrons. The third kappa shape index (κ3) is 3.07. The minimum absolute atomic E-state index is 0.149. The highest BCUT2D eigenvalue weighted by Crippen LogP contribution is 2.30. The van der Waals surface area contributed by atoms with Crippen LogP contribution in [0.3, 0.4) is 0 Å². The minimum atomic E-state index is -1.33. The lowest BCUT2D eigenvalue weighted by Gasteiger charge is -2.17. The Kier molecular flexibility index (Phi) is 3.78. The van der Waals surface area contributed by atoms with Crippen molar-refractivity contribution in [3.63, 3.8) is 0 Å². The number of ether oxygens (including phenoxy) is 1. The fourth-order valence-corrected chi connectivity index (χ4v) is 1.72. The van der Waals surface area contributed by atoms with Crippen LogP contribution in [0.1, 0.15) is 24.4 Å². The van der Waals surface area contributed by atoms with E-state index in [9.17, 15) is 18.4 Å². The molecule has 1 fully saturated rings. The van der Waals surface area contributed by atoms with Gasteiger partial charge in [0.25, 0.3) is 0 Å². The average molecular weight is 269 g/mol. The van der Waals surface area contributed by atoms with Gasteiger partial charge in [0.15, 0.2) is 6.04 Å². The summed E-state index contributed by atoms with van der Waals surface area (Å²) in [4.78, 5) is 23.3. The molecule has 1 aromatic carbocycles. The Hall–Kier alpha value is -1.98. The van der Waals surface area contributed by atoms with Crippen LogP contribution in [0, 0.1) is 17.6 Å². The summed E-state index contributed by atoms with van der Waals surface area (Å²) in [6, 6.07) is 1.40. The zero-order valence-corrected chi connectivity index (χ0v) is 10.3. The zero-order valence-electron chi connectivity index (χ0n) is 10.3. The highest BCUT2D eigenvalue weighted by atomic mass is 19.1. The summed E-state index contributed by atoms with van der Waals surface area (Å²) in [5.74, 6) is -2.79. The van der Waals surface area contributed by atoms with Gasteiger partial charge in [-0.15, -0.1) is 0 Å². The highest BCUT2D eigenvalue weighted by Gasteiger charge is 2.34. The number of carbonyl (C=O) groups is 2. The van der Waals surface area contributed by atoms with E-state index in [1.807, 2.05) is 0 Å². The van der Waals surface area contributed by atoms with Gasteiger partial charge in [0, 0.05) is 11.5 Å². The van der Waals surface area contributed by atoms with Crippen LogP contribution in [-0.4, -0.2) is 19.0 Å². The lowest BCUT2D eigenvalue weighted by Crippen LogP contribution is -2.36. The second kappa shape index (κ2) is 5.34. The molecule has 1 aliphatic carbocycles. The molecule has 4 nitrogen and oxygen atoms in total. The highest BCUT2D eigenvalue weighted by molar-refractivity contribution is 5.87. The Morgan fingerprint density at radius 3 is 2.63 bits per heavy atom. The molecular weight excluding hydrogens is 256 g/mol. The predicted octanol–water partition coefficient (Wildman–Crippen LogP) is 1.71.